The minimum Gasteiger partial charge on any atom is -0.403 e. The van der Waals surface area contributed by atoms with Crippen molar-refractivity contribution in [1.29, 1.82) is 0 Å². The molecule has 2 aliphatic heterocycles. The topological polar surface area (TPSA) is 129 Å². The van der Waals surface area contributed by atoms with E-state index in [0.717, 1.165) is 10.8 Å². The largest absolute Gasteiger partial charge is 0.529 e. The number of aryl methyl sites for hydroxylation is 1. The van der Waals surface area contributed by atoms with Crippen LogP contribution in [0.3, 0.4) is 0 Å². The summed E-state index contributed by atoms with van der Waals surface area (Å²) in [6.07, 6.45) is -1.28. The number of aromatic amines is 1. The number of phosphoric ester groups is 1. The minimum atomic E-state index is -4.29. The van der Waals surface area contributed by atoms with Gasteiger partial charge in [-0.1, -0.05) is 29.8 Å². The van der Waals surface area contributed by atoms with Crippen molar-refractivity contribution in [1.82, 2.24) is 9.55 Å². The van der Waals surface area contributed by atoms with Crippen LogP contribution in [0.4, 0.5) is 4.39 Å². The number of fused-ring (bicyclic) bond motifs is 1. The van der Waals surface area contributed by atoms with E-state index in [2.05, 4.69) is 0 Å². The van der Waals surface area contributed by atoms with Crippen molar-refractivity contribution in [3.8, 4) is 5.75 Å². The Morgan fingerprint density at radius 2 is 2.12 bits per heavy atom. The molecule has 10 nitrogen and oxygen atoms in total. The molecule has 2 aromatic rings. The lowest BCUT2D eigenvalue weighted by atomic mass is 9.60. The normalized spacial score (nSPS) is 31.7. The average Bonchev–Trinajstić information content (AvgIpc) is 2.95. The number of aliphatic hydroxyl groups is 1. The van der Waals surface area contributed by atoms with Crippen molar-refractivity contribution in [2.75, 3.05) is 0 Å². The molecular weight excluding hydrogens is 478 g/mol. The molecule has 174 valence electrons. The Morgan fingerprint density at radius 3 is 2.82 bits per heavy atom. The van der Waals surface area contributed by atoms with E-state index in [9.17, 15) is 19.3 Å². The first-order chi connectivity index (χ1) is 15.2. The highest BCUT2D eigenvalue weighted by molar-refractivity contribution is 7.49. The zero-order valence-electron chi connectivity index (χ0n) is 18.3. The number of aromatic nitrogens is 2. The summed E-state index contributed by atoms with van der Waals surface area (Å²) in [5, 5.41) is 8.34. The van der Waals surface area contributed by atoms with Gasteiger partial charge >= 0.3 is 13.5 Å². The van der Waals surface area contributed by atoms with Crippen molar-refractivity contribution in [2.45, 2.75) is 42.9 Å². The number of ether oxygens (including phenoxy) is 1. The lowest BCUT2D eigenvalue weighted by Gasteiger charge is -2.41. The number of alkyl halides is 1. The minimum absolute atomic E-state index is 0.0733. The lowest BCUT2D eigenvalue weighted by molar-refractivity contribution is -0.219. The summed E-state index contributed by atoms with van der Waals surface area (Å²) >= 11 is 5.81. The van der Waals surface area contributed by atoms with Gasteiger partial charge in [0.2, 0.25) is 5.85 Å². The summed E-state index contributed by atoms with van der Waals surface area (Å²) in [4.78, 5) is 25.9. The lowest BCUT2D eigenvalue weighted by Crippen LogP contribution is -2.56. The second kappa shape index (κ2) is 7.86. The first-order valence-electron chi connectivity index (χ1n) is 10.0. The maximum Gasteiger partial charge on any atom is 0.529 e. The van der Waals surface area contributed by atoms with Gasteiger partial charge in [-0.05, 0) is 12.5 Å². The second-order valence-corrected chi connectivity index (χ2v) is 10.6. The molecule has 1 fully saturated rings. The number of hydrogen-bond donors (Lipinski definition) is 2. The molecule has 33 heavy (non-hydrogen) atoms. The van der Waals surface area contributed by atoms with Crippen LogP contribution in [-0.2, 0) is 30.6 Å². The van der Waals surface area contributed by atoms with Gasteiger partial charge in [-0.3, -0.25) is 23.4 Å². The standard InChI is InChI=1S/C17H20B3ClFN2O8P/c1-8-3-2-4-9-7-29-33(28,30-12(8)9)32-17(19,20)15(22)5-11(25)16(18,31-15)24-6-10(21)13(26)23-14(24)27/h2-4,6,11,25H,5,7,18-20H2,1H3,(H,23,26,27)/t11-,15+,16+,33?/m1/s1. The number of halogens is 2. The number of nitrogens with zero attached hydrogens (tertiary/aromatic N) is 1. The van der Waals surface area contributed by atoms with E-state index >= 15 is 4.39 Å². The Morgan fingerprint density at radius 1 is 1.42 bits per heavy atom. The van der Waals surface area contributed by atoms with E-state index in [1.807, 2.05) is 4.98 Å². The van der Waals surface area contributed by atoms with Crippen molar-refractivity contribution in [2.24, 2.45) is 0 Å². The number of phosphoric acid groups is 1. The molecule has 1 aromatic heterocycles. The van der Waals surface area contributed by atoms with E-state index < -0.39 is 48.5 Å². The average molecular weight is 498 g/mol. The Kier molecular flexibility index (Phi) is 5.79. The zero-order valence-corrected chi connectivity index (χ0v) is 19.9. The van der Waals surface area contributed by atoms with Crippen molar-refractivity contribution in [3.63, 3.8) is 0 Å². The van der Waals surface area contributed by atoms with Crippen LogP contribution in [0.2, 0.25) is 5.02 Å². The third kappa shape index (κ3) is 4.02. The second-order valence-electron chi connectivity index (χ2n) is 8.69. The summed E-state index contributed by atoms with van der Waals surface area (Å²) in [5.41, 5.74) is -2.42. The molecule has 16 heteroatoms. The molecule has 0 aliphatic carbocycles. The molecule has 4 atom stereocenters. The van der Waals surface area contributed by atoms with E-state index in [1.54, 1.807) is 25.1 Å². The summed E-state index contributed by atoms with van der Waals surface area (Å²) < 4.78 is 52.1. The van der Waals surface area contributed by atoms with Gasteiger partial charge in [-0.25, -0.2) is 13.8 Å². The molecular formula is C17H20B3ClFN2O8P. The number of hydrogen-bond acceptors (Lipinski definition) is 8. The highest BCUT2D eigenvalue weighted by Crippen LogP contribution is 2.59. The number of nitrogens with one attached hydrogen (secondary N) is 1. The third-order valence-electron chi connectivity index (χ3n) is 5.93. The van der Waals surface area contributed by atoms with Crippen LogP contribution >= 0.6 is 19.4 Å². The van der Waals surface area contributed by atoms with Gasteiger partial charge < -0.3 is 14.4 Å². The number of para-hydroxylation sites is 1. The van der Waals surface area contributed by atoms with Crippen molar-refractivity contribution in [3.05, 3.63) is 61.4 Å². The predicted octanol–water partition coefficient (Wildman–Crippen LogP) is -1.16. The first kappa shape index (κ1) is 24.3. The highest BCUT2D eigenvalue weighted by Gasteiger charge is 2.63. The monoisotopic (exact) mass is 498 g/mol. The third-order valence-corrected chi connectivity index (χ3v) is 7.73. The van der Waals surface area contributed by atoms with Crippen molar-refractivity contribution < 1.29 is 32.4 Å². The van der Waals surface area contributed by atoms with Gasteiger partial charge in [-0.2, -0.15) is 0 Å². The molecule has 0 saturated carbocycles. The molecule has 1 unspecified atom stereocenters. The van der Waals surface area contributed by atoms with Crippen LogP contribution in [0.25, 0.3) is 0 Å². The number of H-pyrrole nitrogens is 1. The first-order valence-corrected chi connectivity index (χ1v) is 11.9. The smallest absolute Gasteiger partial charge is 0.403 e. The maximum atomic E-state index is 16.2. The van der Waals surface area contributed by atoms with E-state index in [1.165, 1.54) is 23.5 Å². The maximum absolute atomic E-state index is 16.2. The molecule has 0 amide bonds. The molecule has 1 saturated heterocycles. The van der Waals surface area contributed by atoms with E-state index in [4.69, 9.17) is 29.9 Å². The predicted molar refractivity (Wildman–Crippen MR) is 124 cm³/mol. The van der Waals surface area contributed by atoms with Crippen LogP contribution < -0.4 is 15.8 Å². The molecule has 1 aromatic carbocycles. The quantitative estimate of drug-likeness (QED) is 0.400. The summed E-state index contributed by atoms with van der Waals surface area (Å²) in [6, 6.07) is 5.28. The fourth-order valence-electron chi connectivity index (χ4n) is 3.87. The van der Waals surface area contributed by atoms with Gasteiger partial charge in [0.25, 0.3) is 5.56 Å². The Hall–Kier alpha value is -1.82. The van der Waals surface area contributed by atoms with Gasteiger partial charge in [0, 0.05) is 18.2 Å². The van der Waals surface area contributed by atoms with Crippen LogP contribution in [0, 0.1) is 6.92 Å². The highest BCUT2D eigenvalue weighted by atomic mass is 35.5. The van der Waals surface area contributed by atoms with Gasteiger partial charge in [0.1, 0.15) is 32.1 Å². The molecule has 2 N–H and O–H groups in total. The SMILES string of the molecule is BC(B)(OP1(=O)OCc2cccc(C)c2O1)[C@]1(F)C[C@@H](O)[C@](B)(n2cc(Cl)c(=O)[nH]c2=O)O1. The summed E-state index contributed by atoms with van der Waals surface area (Å²) in [5.74, 6) is -2.43. The Balaban J connectivity index is 1.64. The van der Waals surface area contributed by atoms with E-state index in [-0.39, 0.29) is 11.6 Å². The Bertz CT molecular complexity index is 1290. The fourth-order valence-corrected chi connectivity index (χ4v) is 5.63. The molecule has 0 radical (unpaired) electrons. The molecule has 2 aliphatic rings. The molecule has 0 spiro atoms. The van der Waals surface area contributed by atoms with Crippen molar-refractivity contribution >= 4 is 43.0 Å². The van der Waals surface area contributed by atoms with Crippen LogP contribution in [-0.4, -0.2) is 55.6 Å². The van der Waals surface area contributed by atoms with E-state index in [0.29, 0.717) is 16.9 Å². The van der Waals surface area contributed by atoms with Crippen LogP contribution in [0.1, 0.15) is 17.5 Å². The fraction of sp³-hybridized carbons (Fsp3) is 0.412. The summed E-state index contributed by atoms with van der Waals surface area (Å²) in [6.45, 7) is 1.68. The molecule has 0 bridgehead atoms. The Labute approximate surface area is 195 Å². The zero-order chi connectivity index (χ0) is 24.4. The summed E-state index contributed by atoms with van der Waals surface area (Å²) in [7, 11) is -0.520. The van der Waals surface area contributed by atoms with Gasteiger partial charge in [0.05, 0.1) is 18.1 Å². The van der Waals surface area contributed by atoms with Crippen LogP contribution in [0.15, 0.2) is 34.0 Å². The van der Waals surface area contributed by atoms with Gasteiger partial charge in [0.15, 0.2) is 7.85 Å². The van der Waals surface area contributed by atoms with Crippen LogP contribution in [0.5, 0.6) is 5.75 Å². The number of aliphatic hydroxyl groups excluding tert-OH is 1. The number of benzene rings is 1. The molecule has 4 rings (SSSR count). The number of rotatable bonds is 4. The van der Waals surface area contributed by atoms with Gasteiger partial charge in [-0.15, -0.1) is 0 Å². The molecule has 3 heterocycles.